The number of benzene rings is 1. The Bertz CT molecular complexity index is 702. The smallest absolute Gasteiger partial charge is 0.240 e. The summed E-state index contributed by atoms with van der Waals surface area (Å²) in [6, 6.07) is 10.7. The molecular formula is C18H22N4OS. The molecule has 1 atom stereocenters. The number of hydrogen-bond acceptors (Lipinski definition) is 5. The fourth-order valence-electron chi connectivity index (χ4n) is 3.63. The van der Waals surface area contributed by atoms with Crippen LogP contribution in [0, 0.1) is 0 Å². The lowest BCUT2D eigenvalue weighted by Crippen LogP contribution is -2.51. The highest BCUT2D eigenvalue weighted by Gasteiger charge is 2.31. The van der Waals surface area contributed by atoms with E-state index in [1.807, 2.05) is 35.7 Å². The third kappa shape index (κ3) is 3.50. The molecule has 4 rings (SSSR count). The zero-order chi connectivity index (χ0) is 16.4. The van der Waals surface area contributed by atoms with Crippen molar-refractivity contribution in [2.24, 2.45) is 0 Å². The SMILES string of the molecule is O=C(CN1CCN2CCC[C@H]2C1)Nc1nc(-c2ccccc2)cs1. The zero-order valence-electron chi connectivity index (χ0n) is 13.6. The summed E-state index contributed by atoms with van der Waals surface area (Å²) in [6.07, 6.45) is 2.57. The predicted octanol–water partition coefficient (Wildman–Crippen LogP) is 2.53. The van der Waals surface area contributed by atoms with Gasteiger partial charge in [-0.1, -0.05) is 30.3 Å². The summed E-state index contributed by atoms with van der Waals surface area (Å²) in [7, 11) is 0. The number of thiazole rings is 1. The van der Waals surface area contributed by atoms with Gasteiger partial charge in [-0.25, -0.2) is 4.98 Å². The molecule has 0 radical (unpaired) electrons. The molecule has 2 fully saturated rings. The Morgan fingerprint density at radius 3 is 3.00 bits per heavy atom. The highest BCUT2D eigenvalue weighted by Crippen LogP contribution is 2.25. The molecule has 5 nitrogen and oxygen atoms in total. The van der Waals surface area contributed by atoms with Crippen LogP contribution in [0.3, 0.4) is 0 Å². The maximum Gasteiger partial charge on any atom is 0.240 e. The van der Waals surface area contributed by atoms with E-state index in [0.717, 1.165) is 30.9 Å². The number of amides is 1. The van der Waals surface area contributed by atoms with Gasteiger partial charge >= 0.3 is 0 Å². The van der Waals surface area contributed by atoms with Crippen molar-refractivity contribution < 1.29 is 4.79 Å². The normalized spacial score (nSPS) is 21.6. The first-order valence-corrected chi connectivity index (χ1v) is 9.43. The molecule has 0 saturated carbocycles. The number of nitrogens with one attached hydrogen (secondary N) is 1. The average molecular weight is 342 g/mol. The quantitative estimate of drug-likeness (QED) is 0.928. The lowest BCUT2D eigenvalue weighted by atomic mass is 10.1. The van der Waals surface area contributed by atoms with E-state index in [4.69, 9.17) is 0 Å². The van der Waals surface area contributed by atoms with Crippen LogP contribution in [-0.2, 0) is 4.79 Å². The van der Waals surface area contributed by atoms with Gasteiger partial charge in [-0.15, -0.1) is 11.3 Å². The zero-order valence-corrected chi connectivity index (χ0v) is 14.5. The number of nitrogens with zero attached hydrogens (tertiary/aromatic N) is 3. The van der Waals surface area contributed by atoms with Crippen LogP contribution < -0.4 is 5.32 Å². The molecule has 24 heavy (non-hydrogen) atoms. The van der Waals surface area contributed by atoms with Gasteiger partial charge in [-0.2, -0.15) is 0 Å². The van der Waals surface area contributed by atoms with Gasteiger partial charge in [0.05, 0.1) is 12.2 Å². The van der Waals surface area contributed by atoms with Crippen LogP contribution in [0.4, 0.5) is 5.13 Å². The molecule has 1 amide bonds. The highest BCUT2D eigenvalue weighted by atomic mass is 32.1. The second-order valence-electron chi connectivity index (χ2n) is 6.52. The van der Waals surface area contributed by atoms with Gasteiger partial charge in [0.15, 0.2) is 5.13 Å². The molecule has 2 aliphatic heterocycles. The van der Waals surface area contributed by atoms with Crippen molar-refractivity contribution in [2.45, 2.75) is 18.9 Å². The van der Waals surface area contributed by atoms with Gasteiger partial charge in [-0.3, -0.25) is 14.6 Å². The minimum absolute atomic E-state index is 0.0374. The number of hydrogen-bond donors (Lipinski definition) is 1. The molecule has 1 N–H and O–H groups in total. The van der Waals surface area contributed by atoms with Crippen molar-refractivity contribution in [3.8, 4) is 11.3 Å². The molecule has 0 bridgehead atoms. The Balaban J connectivity index is 1.32. The number of fused-ring (bicyclic) bond motifs is 1. The summed E-state index contributed by atoms with van der Waals surface area (Å²) in [6.45, 7) is 4.78. The monoisotopic (exact) mass is 342 g/mol. The van der Waals surface area contributed by atoms with E-state index in [2.05, 4.69) is 20.1 Å². The van der Waals surface area contributed by atoms with Crippen LogP contribution in [0.1, 0.15) is 12.8 Å². The van der Waals surface area contributed by atoms with Gasteiger partial charge < -0.3 is 5.32 Å². The van der Waals surface area contributed by atoms with Crippen molar-refractivity contribution in [3.63, 3.8) is 0 Å². The number of piperazine rings is 1. The van der Waals surface area contributed by atoms with Crippen molar-refractivity contribution in [3.05, 3.63) is 35.7 Å². The first-order chi connectivity index (χ1) is 11.8. The average Bonchev–Trinajstić information content (AvgIpc) is 3.24. The topological polar surface area (TPSA) is 48.5 Å². The number of carbonyl (C=O) groups excluding carboxylic acids is 1. The van der Waals surface area contributed by atoms with Crippen LogP contribution >= 0.6 is 11.3 Å². The number of rotatable bonds is 4. The van der Waals surface area contributed by atoms with Crippen LogP contribution in [0.15, 0.2) is 35.7 Å². The maximum absolute atomic E-state index is 12.3. The van der Waals surface area contributed by atoms with E-state index >= 15 is 0 Å². The summed E-state index contributed by atoms with van der Waals surface area (Å²) in [5.41, 5.74) is 1.99. The standard InChI is InChI=1S/C18H22N4OS/c23-17(12-21-9-10-22-8-4-7-15(22)11-21)20-18-19-16(13-24-18)14-5-2-1-3-6-14/h1-3,5-6,13,15H,4,7-12H2,(H,19,20,23)/t15-/m0/s1. The summed E-state index contributed by atoms with van der Waals surface area (Å²) in [4.78, 5) is 21.7. The molecule has 2 saturated heterocycles. The van der Waals surface area contributed by atoms with Gasteiger partial charge in [-0.05, 0) is 19.4 Å². The highest BCUT2D eigenvalue weighted by molar-refractivity contribution is 7.14. The van der Waals surface area contributed by atoms with E-state index in [9.17, 15) is 4.79 Å². The van der Waals surface area contributed by atoms with E-state index < -0.39 is 0 Å². The van der Waals surface area contributed by atoms with Crippen molar-refractivity contribution in [1.29, 1.82) is 0 Å². The fourth-order valence-corrected chi connectivity index (χ4v) is 4.37. The lowest BCUT2D eigenvalue weighted by Gasteiger charge is -2.36. The van der Waals surface area contributed by atoms with E-state index in [0.29, 0.717) is 17.7 Å². The summed E-state index contributed by atoms with van der Waals surface area (Å²) < 4.78 is 0. The Hall–Kier alpha value is -1.76. The second kappa shape index (κ2) is 7.01. The Morgan fingerprint density at radius 1 is 1.25 bits per heavy atom. The molecule has 126 valence electrons. The number of aromatic nitrogens is 1. The molecule has 1 aromatic carbocycles. The fraction of sp³-hybridized carbons (Fsp3) is 0.444. The lowest BCUT2D eigenvalue weighted by molar-refractivity contribution is -0.117. The van der Waals surface area contributed by atoms with Crippen molar-refractivity contribution in [2.75, 3.05) is 38.0 Å². The molecule has 3 heterocycles. The molecular weight excluding hydrogens is 320 g/mol. The summed E-state index contributed by atoms with van der Waals surface area (Å²) in [5.74, 6) is 0.0374. The minimum Gasteiger partial charge on any atom is -0.301 e. The Kier molecular flexibility index (Phi) is 4.60. The summed E-state index contributed by atoms with van der Waals surface area (Å²) >= 11 is 1.48. The molecule has 6 heteroatoms. The van der Waals surface area contributed by atoms with E-state index in [1.54, 1.807) is 0 Å². The third-order valence-corrected chi connectivity index (χ3v) is 5.62. The third-order valence-electron chi connectivity index (χ3n) is 4.86. The Morgan fingerprint density at radius 2 is 2.12 bits per heavy atom. The molecule has 0 unspecified atom stereocenters. The summed E-state index contributed by atoms with van der Waals surface area (Å²) in [5, 5.41) is 5.62. The molecule has 2 aromatic rings. The van der Waals surface area contributed by atoms with Gasteiger partial charge in [0.25, 0.3) is 0 Å². The second-order valence-corrected chi connectivity index (χ2v) is 7.38. The van der Waals surface area contributed by atoms with E-state index in [1.165, 1.54) is 30.7 Å². The van der Waals surface area contributed by atoms with Crippen molar-refractivity contribution >= 4 is 22.4 Å². The first kappa shape index (κ1) is 15.7. The van der Waals surface area contributed by atoms with Gasteiger partial charge in [0.2, 0.25) is 5.91 Å². The molecule has 2 aliphatic rings. The van der Waals surface area contributed by atoms with Gasteiger partial charge in [0.1, 0.15) is 0 Å². The van der Waals surface area contributed by atoms with Gasteiger partial charge in [0, 0.05) is 36.6 Å². The number of anilines is 1. The Labute approximate surface area is 146 Å². The molecule has 1 aromatic heterocycles. The van der Waals surface area contributed by atoms with Crippen LogP contribution in [0.25, 0.3) is 11.3 Å². The maximum atomic E-state index is 12.3. The van der Waals surface area contributed by atoms with E-state index in [-0.39, 0.29) is 5.91 Å². The largest absolute Gasteiger partial charge is 0.301 e. The predicted molar refractivity (Wildman–Crippen MR) is 97.2 cm³/mol. The molecule has 0 spiro atoms. The van der Waals surface area contributed by atoms with Crippen LogP contribution in [-0.4, -0.2) is 59.5 Å². The number of carbonyl (C=O) groups is 1. The van der Waals surface area contributed by atoms with Crippen molar-refractivity contribution in [1.82, 2.24) is 14.8 Å². The van der Waals surface area contributed by atoms with Crippen LogP contribution in [0.2, 0.25) is 0 Å². The molecule has 0 aliphatic carbocycles. The first-order valence-electron chi connectivity index (χ1n) is 8.55. The minimum atomic E-state index is 0.0374. The van der Waals surface area contributed by atoms with Crippen LogP contribution in [0.5, 0.6) is 0 Å².